The second-order valence-electron chi connectivity index (χ2n) is 7.10. The lowest BCUT2D eigenvalue weighted by molar-refractivity contribution is 0.0696. The van der Waals surface area contributed by atoms with Crippen molar-refractivity contribution < 1.29 is 19.1 Å². The minimum atomic E-state index is -1.01. The number of carboxylic acids is 1. The van der Waals surface area contributed by atoms with Crippen LogP contribution >= 0.6 is 0 Å². The molecule has 6 nitrogen and oxygen atoms in total. The van der Waals surface area contributed by atoms with Crippen molar-refractivity contribution in [3.8, 4) is 0 Å². The maximum Gasteiger partial charge on any atom is 0.347 e. The zero-order chi connectivity index (χ0) is 21.8. The number of nitrogens with one attached hydrogen (secondary N) is 1. The molecule has 6 heteroatoms. The maximum atomic E-state index is 13.0. The van der Waals surface area contributed by atoms with Gasteiger partial charge in [0.25, 0.3) is 0 Å². The number of Topliss-reactive ketones (excluding diaryl/α,β-unsaturated/α-hetero) is 1. The fraction of sp³-hybridized carbons (Fsp3) is 0.0800. The molecule has 0 radical (unpaired) electrons. The Morgan fingerprint density at radius 2 is 1.58 bits per heavy atom. The average molecular weight is 413 g/mol. The molecule has 0 fully saturated rings. The summed E-state index contributed by atoms with van der Waals surface area (Å²) in [5.41, 5.74) is 1.47. The topological polar surface area (TPSA) is 96.6 Å². The van der Waals surface area contributed by atoms with Crippen LogP contribution in [0, 0.1) is 0 Å². The molecule has 1 heterocycles. The Balaban J connectivity index is 1.63. The van der Waals surface area contributed by atoms with Crippen molar-refractivity contribution in [1.29, 1.82) is 0 Å². The predicted octanol–water partition coefficient (Wildman–Crippen LogP) is 4.92. The highest BCUT2D eigenvalue weighted by Gasteiger charge is 2.21. The molecule has 0 amide bonds. The third-order valence-corrected chi connectivity index (χ3v) is 5.01. The number of ketones is 1. The molecule has 2 N–H and O–H groups in total. The number of carboxylic acid groups (broad SMARTS) is 1. The molecule has 1 atom stereocenters. The molecule has 154 valence electrons. The van der Waals surface area contributed by atoms with E-state index in [1.807, 2.05) is 36.4 Å². The van der Waals surface area contributed by atoms with Gasteiger partial charge in [0, 0.05) is 17.5 Å². The molecule has 3 aromatic carbocycles. The van der Waals surface area contributed by atoms with Gasteiger partial charge in [0.1, 0.15) is 11.1 Å². The number of carbonyl (C=O) groups excluding carboxylic acids is 1. The summed E-state index contributed by atoms with van der Waals surface area (Å²) in [4.78, 5) is 36.5. The van der Waals surface area contributed by atoms with Gasteiger partial charge < -0.3 is 14.8 Å². The Morgan fingerprint density at radius 3 is 2.29 bits per heavy atom. The van der Waals surface area contributed by atoms with Crippen molar-refractivity contribution >= 4 is 28.4 Å². The average Bonchev–Trinajstić information content (AvgIpc) is 2.79. The summed E-state index contributed by atoms with van der Waals surface area (Å²) >= 11 is 0. The number of hydrogen-bond donors (Lipinski definition) is 2. The monoisotopic (exact) mass is 413 g/mol. The lowest BCUT2D eigenvalue weighted by Gasteiger charge is -2.20. The van der Waals surface area contributed by atoms with E-state index >= 15 is 0 Å². The van der Waals surface area contributed by atoms with Crippen molar-refractivity contribution in [3.05, 3.63) is 112 Å². The first-order chi connectivity index (χ1) is 15.0. The fourth-order valence-corrected chi connectivity index (χ4v) is 3.40. The Kier molecular flexibility index (Phi) is 5.62. The Bertz CT molecular complexity index is 1290. The summed E-state index contributed by atoms with van der Waals surface area (Å²) < 4.78 is 5.30. The smallest absolute Gasteiger partial charge is 0.347 e. The number of rotatable bonds is 7. The highest BCUT2D eigenvalue weighted by molar-refractivity contribution is 5.98. The highest BCUT2D eigenvalue weighted by Crippen LogP contribution is 2.25. The van der Waals surface area contributed by atoms with Gasteiger partial charge in [-0.2, -0.15) is 0 Å². The summed E-state index contributed by atoms with van der Waals surface area (Å²) in [5.74, 6) is -1.35. The normalized spacial score (nSPS) is 11.7. The van der Waals surface area contributed by atoms with Gasteiger partial charge in [0.2, 0.25) is 0 Å². The number of hydrogen-bond acceptors (Lipinski definition) is 5. The molecule has 0 saturated carbocycles. The Labute approximate surface area is 177 Å². The van der Waals surface area contributed by atoms with Crippen LogP contribution < -0.4 is 10.9 Å². The van der Waals surface area contributed by atoms with E-state index in [9.17, 15) is 14.4 Å². The standard InChI is InChI=1S/C25H19NO5/c27-22(20-14-18-8-4-5-9-23(18)31-25(20)30)15-21(16-6-2-1-3-7-16)26-19-12-10-17(11-13-19)24(28)29/h1-14,21,26H,15H2,(H,28,29). The van der Waals surface area contributed by atoms with Crippen molar-refractivity contribution in [2.45, 2.75) is 12.5 Å². The lowest BCUT2D eigenvalue weighted by atomic mass is 9.97. The van der Waals surface area contributed by atoms with E-state index < -0.39 is 17.6 Å². The van der Waals surface area contributed by atoms with Crippen LogP contribution in [0.4, 0.5) is 5.69 Å². The van der Waals surface area contributed by atoms with Crippen LogP contribution in [0.1, 0.15) is 38.7 Å². The van der Waals surface area contributed by atoms with Crippen LogP contribution in [0.15, 0.2) is 94.1 Å². The van der Waals surface area contributed by atoms with E-state index in [1.54, 1.807) is 36.4 Å². The van der Waals surface area contributed by atoms with Crippen molar-refractivity contribution in [1.82, 2.24) is 0 Å². The van der Waals surface area contributed by atoms with E-state index in [0.29, 0.717) is 16.7 Å². The molecule has 0 spiro atoms. The summed E-state index contributed by atoms with van der Waals surface area (Å²) in [5, 5.41) is 13.0. The van der Waals surface area contributed by atoms with E-state index in [4.69, 9.17) is 9.52 Å². The quantitative estimate of drug-likeness (QED) is 0.330. The first-order valence-electron chi connectivity index (χ1n) is 9.72. The highest BCUT2D eigenvalue weighted by atomic mass is 16.4. The van der Waals surface area contributed by atoms with Crippen LogP contribution in [-0.2, 0) is 0 Å². The fourth-order valence-electron chi connectivity index (χ4n) is 3.40. The number of carbonyl (C=O) groups is 2. The molecule has 4 rings (SSSR count). The van der Waals surface area contributed by atoms with Gasteiger partial charge in [0.15, 0.2) is 5.78 Å². The van der Waals surface area contributed by atoms with Gasteiger partial charge in [-0.05, 0) is 42.0 Å². The summed E-state index contributed by atoms with van der Waals surface area (Å²) in [6, 6.07) is 23.8. The molecule has 0 aliphatic rings. The van der Waals surface area contributed by atoms with E-state index in [-0.39, 0.29) is 23.3 Å². The molecule has 0 bridgehead atoms. The van der Waals surface area contributed by atoms with Crippen LogP contribution in [0.25, 0.3) is 11.0 Å². The van der Waals surface area contributed by atoms with Crippen LogP contribution in [0.2, 0.25) is 0 Å². The first-order valence-corrected chi connectivity index (χ1v) is 9.72. The number of anilines is 1. The molecule has 1 aromatic heterocycles. The molecule has 0 saturated heterocycles. The summed E-state index contributed by atoms with van der Waals surface area (Å²) in [7, 11) is 0. The number of benzene rings is 3. The van der Waals surface area contributed by atoms with Crippen LogP contribution in [0.3, 0.4) is 0 Å². The van der Waals surface area contributed by atoms with Gasteiger partial charge in [-0.3, -0.25) is 4.79 Å². The zero-order valence-electron chi connectivity index (χ0n) is 16.4. The van der Waals surface area contributed by atoms with Gasteiger partial charge in [-0.15, -0.1) is 0 Å². The molecule has 0 aliphatic carbocycles. The largest absolute Gasteiger partial charge is 0.478 e. The lowest BCUT2D eigenvalue weighted by Crippen LogP contribution is -2.20. The SMILES string of the molecule is O=C(O)c1ccc(NC(CC(=O)c2cc3ccccc3oc2=O)c2ccccc2)cc1. The van der Waals surface area contributed by atoms with E-state index in [2.05, 4.69) is 5.32 Å². The molecule has 31 heavy (non-hydrogen) atoms. The molecular formula is C25H19NO5. The molecular weight excluding hydrogens is 394 g/mol. The van der Waals surface area contributed by atoms with Crippen LogP contribution in [-0.4, -0.2) is 16.9 Å². The summed E-state index contributed by atoms with van der Waals surface area (Å²) in [6.45, 7) is 0. The number of fused-ring (bicyclic) bond motifs is 1. The van der Waals surface area contributed by atoms with Gasteiger partial charge >= 0.3 is 11.6 Å². The van der Waals surface area contributed by atoms with Crippen molar-refractivity contribution in [3.63, 3.8) is 0 Å². The Morgan fingerprint density at radius 1 is 0.903 bits per heavy atom. The van der Waals surface area contributed by atoms with Gasteiger partial charge in [-0.25, -0.2) is 9.59 Å². The van der Waals surface area contributed by atoms with Crippen molar-refractivity contribution in [2.75, 3.05) is 5.32 Å². The van der Waals surface area contributed by atoms with Crippen molar-refractivity contribution in [2.24, 2.45) is 0 Å². The third kappa shape index (κ3) is 4.53. The Hall–Kier alpha value is -4.19. The number of para-hydroxylation sites is 1. The maximum absolute atomic E-state index is 13.0. The number of aromatic carboxylic acids is 1. The first kappa shape index (κ1) is 20.1. The minimum Gasteiger partial charge on any atom is -0.478 e. The van der Waals surface area contributed by atoms with Gasteiger partial charge in [-0.1, -0.05) is 48.5 Å². The molecule has 1 unspecified atom stereocenters. The van der Waals surface area contributed by atoms with E-state index in [0.717, 1.165) is 5.56 Å². The molecule has 4 aromatic rings. The minimum absolute atomic E-state index is 0.00246. The molecule has 0 aliphatic heterocycles. The predicted molar refractivity (Wildman–Crippen MR) is 118 cm³/mol. The van der Waals surface area contributed by atoms with Crippen LogP contribution in [0.5, 0.6) is 0 Å². The van der Waals surface area contributed by atoms with E-state index in [1.165, 1.54) is 12.1 Å². The van der Waals surface area contributed by atoms with Gasteiger partial charge in [0.05, 0.1) is 11.6 Å². The second kappa shape index (κ2) is 8.67. The second-order valence-corrected chi connectivity index (χ2v) is 7.10. The zero-order valence-corrected chi connectivity index (χ0v) is 16.4. The summed E-state index contributed by atoms with van der Waals surface area (Å²) in [6.07, 6.45) is 0.0216. The third-order valence-electron chi connectivity index (χ3n) is 5.01.